The van der Waals surface area contributed by atoms with Crippen molar-refractivity contribution in [2.75, 3.05) is 25.6 Å². The van der Waals surface area contributed by atoms with Crippen LogP contribution in [0.1, 0.15) is 27.7 Å². The fourth-order valence-electron chi connectivity index (χ4n) is 1.81. The third kappa shape index (κ3) is 7.82. The summed E-state index contributed by atoms with van der Waals surface area (Å²) in [6.45, 7) is 8.19. The summed E-state index contributed by atoms with van der Waals surface area (Å²) in [6.07, 6.45) is 0. The fourth-order valence-corrected chi connectivity index (χ4v) is 1.81. The molecule has 0 bridgehead atoms. The lowest BCUT2D eigenvalue weighted by Gasteiger charge is -2.23. The van der Waals surface area contributed by atoms with E-state index in [0.29, 0.717) is 24.7 Å². The molecule has 7 heteroatoms. The third-order valence-electron chi connectivity index (χ3n) is 2.89. The average Bonchev–Trinajstić information content (AvgIpc) is 2.46. The van der Waals surface area contributed by atoms with Crippen LogP contribution >= 0.6 is 0 Å². The van der Waals surface area contributed by atoms with Crippen LogP contribution in [-0.2, 0) is 9.53 Å². The third-order valence-corrected chi connectivity index (χ3v) is 2.89. The van der Waals surface area contributed by atoms with Crippen LogP contribution in [0.4, 0.5) is 10.5 Å². The van der Waals surface area contributed by atoms with Crippen molar-refractivity contribution in [3.63, 3.8) is 0 Å². The normalized spacial score (nSPS) is 12.2. The number of rotatable bonds is 7. The quantitative estimate of drug-likeness (QED) is 0.665. The molecule has 0 saturated carbocycles. The molecule has 24 heavy (non-hydrogen) atoms. The van der Waals surface area contributed by atoms with Crippen LogP contribution in [0, 0.1) is 0 Å². The van der Waals surface area contributed by atoms with Crippen molar-refractivity contribution in [1.29, 1.82) is 0 Å². The average molecular weight is 337 g/mol. The van der Waals surface area contributed by atoms with Crippen molar-refractivity contribution < 1.29 is 19.1 Å². The molecule has 134 valence electrons. The lowest BCUT2D eigenvalue weighted by Crippen LogP contribution is -2.51. The first kappa shape index (κ1) is 19.8. The number of carbonyl (C=O) groups is 2. The molecule has 0 aliphatic heterocycles. The number of anilines is 1. The maximum atomic E-state index is 12.0. The molecule has 0 aromatic heterocycles. The molecule has 3 N–H and O–H groups in total. The van der Waals surface area contributed by atoms with E-state index < -0.39 is 12.1 Å². The van der Waals surface area contributed by atoms with Crippen LogP contribution in [0.3, 0.4) is 0 Å². The number of hydrogen-bond acceptors (Lipinski definition) is 4. The predicted octanol–water partition coefficient (Wildman–Crippen LogP) is 2.14. The molecule has 1 atom stereocenters. The largest absolute Gasteiger partial charge is 0.491 e. The molecule has 0 unspecified atom stereocenters. The summed E-state index contributed by atoms with van der Waals surface area (Å²) in [5.41, 5.74) is 0.225. The standard InChI is InChI=1S/C17H27N3O4/c1-12(15(21)20-17(2,3)4)18-16(22)19-13-7-6-8-14(11-13)24-10-9-23-5/h6-8,11-12H,9-10H2,1-5H3,(H,20,21)(H2,18,19,22)/t12-/m1/s1. The Morgan fingerprint density at radius 1 is 1.21 bits per heavy atom. The zero-order chi connectivity index (χ0) is 18.2. The van der Waals surface area contributed by atoms with Gasteiger partial charge in [0.15, 0.2) is 0 Å². The monoisotopic (exact) mass is 337 g/mol. The second-order valence-corrected chi connectivity index (χ2v) is 6.43. The van der Waals surface area contributed by atoms with Crippen LogP contribution in [-0.4, -0.2) is 43.8 Å². The minimum atomic E-state index is -0.648. The molecule has 0 radical (unpaired) electrons. The summed E-state index contributed by atoms with van der Waals surface area (Å²) >= 11 is 0. The lowest BCUT2D eigenvalue weighted by molar-refractivity contribution is -0.123. The Hall–Kier alpha value is -2.28. The number of amides is 3. The zero-order valence-electron chi connectivity index (χ0n) is 14.9. The van der Waals surface area contributed by atoms with Crippen LogP contribution in [0.25, 0.3) is 0 Å². The number of benzene rings is 1. The first-order valence-corrected chi connectivity index (χ1v) is 7.82. The molecule has 0 fully saturated rings. The van der Waals surface area contributed by atoms with E-state index in [1.165, 1.54) is 0 Å². The summed E-state index contributed by atoms with van der Waals surface area (Å²) in [7, 11) is 1.60. The number of carbonyl (C=O) groups excluding carboxylic acids is 2. The molecular weight excluding hydrogens is 310 g/mol. The predicted molar refractivity (Wildman–Crippen MR) is 93.3 cm³/mol. The Morgan fingerprint density at radius 3 is 2.54 bits per heavy atom. The SMILES string of the molecule is COCCOc1cccc(NC(=O)N[C@H](C)C(=O)NC(C)(C)C)c1. The highest BCUT2D eigenvalue weighted by Crippen LogP contribution is 2.17. The summed E-state index contributed by atoms with van der Waals surface area (Å²) < 4.78 is 10.4. The van der Waals surface area contributed by atoms with Gasteiger partial charge < -0.3 is 25.4 Å². The maximum absolute atomic E-state index is 12.0. The minimum Gasteiger partial charge on any atom is -0.491 e. The van der Waals surface area contributed by atoms with Gasteiger partial charge in [-0.1, -0.05) is 6.07 Å². The van der Waals surface area contributed by atoms with Crippen molar-refractivity contribution in [3.8, 4) is 5.75 Å². The minimum absolute atomic E-state index is 0.241. The molecule has 3 amide bonds. The van der Waals surface area contributed by atoms with Crippen molar-refractivity contribution in [2.24, 2.45) is 0 Å². The van der Waals surface area contributed by atoms with Crippen LogP contribution in [0.5, 0.6) is 5.75 Å². The van der Waals surface area contributed by atoms with Gasteiger partial charge in [-0.05, 0) is 39.8 Å². The zero-order valence-corrected chi connectivity index (χ0v) is 14.9. The van der Waals surface area contributed by atoms with Crippen LogP contribution < -0.4 is 20.7 Å². The Balaban J connectivity index is 2.52. The first-order chi connectivity index (χ1) is 11.2. The summed E-state index contributed by atoms with van der Waals surface area (Å²) in [4.78, 5) is 24.0. The van der Waals surface area contributed by atoms with E-state index in [4.69, 9.17) is 9.47 Å². The van der Waals surface area contributed by atoms with E-state index in [1.807, 2.05) is 20.8 Å². The Morgan fingerprint density at radius 2 is 1.92 bits per heavy atom. The van der Waals surface area contributed by atoms with Gasteiger partial charge in [-0.15, -0.1) is 0 Å². The Labute approximate surface area is 143 Å². The molecule has 7 nitrogen and oxygen atoms in total. The topological polar surface area (TPSA) is 88.7 Å². The number of hydrogen-bond donors (Lipinski definition) is 3. The highest BCUT2D eigenvalue weighted by molar-refractivity contribution is 5.93. The van der Waals surface area contributed by atoms with Gasteiger partial charge in [0.2, 0.25) is 5.91 Å². The molecule has 0 spiro atoms. The summed E-state index contributed by atoms with van der Waals surface area (Å²) in [5, 5.41) is 8.09. The van der Waals surface area contributed by atoms with Gasteiger partial charge in [0.05, 0.1) is 6.61 Å². The highest BCUT2D eigenvalue weighted by atomic mass is 16.5. The summed E-state index contributed by atoms with van der Waals surface area (Å²) in [6, 6.07) is 5.90. The molecule has 0 heterocycles. The van der Waals surface area contributed by atoms with Gasteiger partial charge in [-0.2, -0.15) is 0 Å². The van der Waals surface area contributed by atoms with Crippen molar-refractivity contribution in [3.05, 3.63) is 24.3 Å². The van der Waals surface area contributed by atoms with E-state index in [0.717, 1.165) is 0 Å². The van der Waals surface area contributed by atoms with Crippen LogP contribution in [0.15, 0.2) is 24.3 Å². The fraction of sp³-hybridized carbons (Fsp3) is 0.529. The Kier molecular flexibility index (Phi) is 7.51. The molecule has 1 aromatic carbocycles. The summed E-state index contributed by atoms with van der Waals surface area (Å²) in [5.74, 6) is 0.387. The first-order valence-electron chi connectivity index (χ1n) is 7.82. The molecule has 1 aromatic rings. The number of ether oxygens (including phenoxy) is 2. The van der Waals surface area contributed by atoms with Gasteiger partial charge in [0, 0.05) is 24.4 Å². The van der Waals surface area contributed by atoms with E-state index in [9.17, 15) is 9.59 Å². The number of methoxy groups -OCH3 is 1. The van der Waals surface area contributed by atoms with E-state index >= 15 is 0 Å². The van der Waals surface area contributed by atoms with Crippen molar-refractivity contribution in [1.82, 2.24) is 10.6 Å². The molecule has 0 aliphatic carbocycles. The smallest absolute Gasteiger partial charge is 0.319 e. The van der Waals surface area contributed by atoms with Crippen molar-refractivity contribution >= 4 is 17.6 Å². The maximum Gasteiger partial charge on any atom is 0.319 e. The van der Waals surface area contributed by atoms with Gasteiger partial charge in [0.1, 0.15) is 18.4 Å². The Bertz CT molecular complexity index is 555. The second kappa shape index (κ2) is 9.12. The van der Waals surface area contributed by atoms with Gasteiger partial charge in [-0.25, -0.2) is 4.79 Å². The van der Waals surface area contributed by atoms with Gasteiger partial charge >= 0.3 is 6.03 Å². The van der Waals surface area contributed by atoms with E-state index in [2.05, 4.69) is 16.0 Å². The molecule has 0 aliphatic rings. The van der Waals surface area contributed by atoms with E-state index in [1.54, 1.807) is 38.3 Å². The van der Waals surface area contributed by atoms with Crippen LogP contribution in [0.2, 0.25) is 0 Å². The number of nitrogens with one attached hydrogen (secondary N) is 3. The van der Waals surface area contributed by atoms with E-state index in [-0.39, 0.29) is 11.4 Å². The molecule has 0 saturated heterocycles. The molecule has 1 rings (SSSR count). The highest BCUT2D eigenvalue weighted by Gasteiger charge is 2.20. The second-order valence-electron chi connectivity index (χ2n) is 6.43. The van der Waals surface area contributed by atoms with Crippen molar-refractivity contribution in [2.45, 2.75) is 39.3 Å². The van der Waals surface area contributed by atoms with Gasteiger partial charge in [-0.3, -0.25) is 4.79 Å². The molecular formula is C17H27N3O4. The lowest BCUT2D eigenvalue weighted by atomic mass is 10.1. The number of urea groups is 1. The van der Waals surface area contributed by atoms with Gasteiger partial charge in [0.25, 0.3) is 0 Å².